The molecule has 1 saturated carbocycles. The molecule has 2 aromatic heterocycles. The molecule has 1 aliphatic heterocycles. The van der Waals surface area contributed by atoms with Crippen LogP contribution in [-0.4, -0.2) is 81.6 Å². The molecule has 1 aliphatic carbocycles. The van der Waals surface area contributed by atoms with Crippen molar-refractivity contribution in [1.29, 1.82) is 0 Å². The van der Waals surface area contributed by atoms with Gasteiger partial charge in [0, 0.05) is 31.8 Å². The first kappa shape index (κ1) is 25.2. The summed E-state index contributed by atoms with van der Waals surface area (Å²) in [5.41, 5.74) is -0.830. The topological polar surface area (TPSA) is 156 Å². The average Bonchev–Trinajstić information content (AvgIpc) is 3.59. The molecule has 3 N–H and O–H groups in total. The Hall–Kier alpha value is -3.87. The zero-order valence-corrected chi connectivity index (χ0v) is 20.4. The number of rotatable bonds is 7. The van der Waals surface area contributed by atoms with E-state index in [4.69, 9.17) is 4.74 Å². The number of morpholine rings is 1. The lowest BCUT2D eigenvalue weighted by Crippen LogP contribution is -2.39. The van der Waals surface area contributed by atoms with Crippen molar-refractivity contribution in [3.63, 3.8) is 0 Å². The minimum Gasteiger partial charge on any atom is -0.492 e. The summed E-state index contributed by atoms with van der Waals surface area (Å²) in [5.74, 6) is -1.73. The van der Waals surface area contributed by atoms with Crippen LogP contribution < -0.4 is 16.2 Å². The lowest BCUT2D eigenvalue weighted by molar-refractivity contribution is -0.129. The Labute approximate surface area is 206 Å². The number of methoxy groups -OCH3 is 1. The monoisotopic (exact) mass is 502 g/mol. The molecule has 2 fully saturated rings. The number of hydrogen-bond donors (Lipinski definition) is 3. The van der Waals surface area contributed by atoms with Crippen molar-refractivity contribution >= 4 is 35.4 Å². The van der Waals surface area contributed by atoms with Gasteiger partial charge < -0.3 is 24.8 Å². The summed E-state index contributed by atoms with van der Waals surface area (Å²) in [5, 5.41) is 20.4. The number of carbonyl (C=O) groups excluding carboxylic acids is 3. The summed E-state index contributed by atoms with van der Waals surface area (Å²) in [6, 6.07) is -0.0376. The third-order valence-corrected chi connectivity index (χ3v) is 5.84. The Kier molecular flexibility index (Phi) is 7.29. The predicted octanol–water partition coefficient (Wildman–Crippen LogP) is 0.800. The molecule has 0 bridgehead atoms. The smallest absolute Gasteiger partial charge is 0.412 e. The minimum absolute atomic E-state index is 0.0193. The van der Waals surface area contributed by atoms with Gasteiger partial charge in [0.1, 0.15) is 0 Å². The van der Waals surface area contributed by atoms with Crippen molar-refractivity contribution in [2.45, 2.75) is 39.3 Å². The minimum atomic E-state index is -0.837. The molecular formula is C23H30N6O7. The van der Waals surface area contributed by atoms with Crippen LogP contribution in [0.3, 0.4) is 0 Å². The van der Waals surface area contributed by atoms with E-state index in [1.165, 1.54) is 23.8 Å². The normalized spacial score (nSPS) is 16.1. The van der Waals surface area contributed by atoms with E-state index in [1.54, 1.807) is 4.90 Å². The molecular weight excluding hydrogens is 472 g/mol. The van der Waals surface area contributed by atoms with Crippen molar-refractivity contribution in [3.05, 3.63) is 27.6 Å². The van der Waals surface area contributed by atoms with Crippen LogP contribution in [-0.2, 0) is 20.8 Å². The molecule has 0 atom stereocenters. The van der Waals surface area contributed by atoms with E-state index >= 15 is 0 Å². The average molecular weight is 503 g/mol. The highest BCUT2D eigenvalue weighted by molar-refractivity contribution is 5.98. The van der Waals surface area contributed by atoms with Crippen LogP contribution >= 0.6 is 0 Å². The second-order valence-electron chi connectivity index (χ2n) is 9.14. The molecule has 2 aromatic rings. The van der Waals surface area contributed by atoms with Crippen LogP contribution in [0.2, 0.25) is 0 Å². The molecule has 2 aliphatic rings. The van der Waals surface area contributed by atoms with Crippen LogP contribution in [0.4, 0.5) is 10.6 Å². The van der Waals surface area contributed by atoms with Gasteiger partial charge >= 0.3 is 6.09 Å². The molecule has 13 nitrogen and oxygen atoms in total. The fourth-order valence-corrected chi connectivity index (χ4v) is 3.92. The summed E-state index contributed by atoms with van der Waals surface area (Å²) in [6.45, 7) is 5.70. The van der Waals surface area contributed by atoms with Crippen molar-refractivity contribution in [2.75, 3.05) is 38.7 Å². The number of anilines is 1. The highest BCUT2D eigenvalue weighted by Gasteiger charge is 2.31. The number of aromatic nitrogens is 3. The first-order valence-electron chi connectivity index (χ1n) is 11.8. The van der Waals surface area contributed by atoms with Crippen LogP contribution in [0.15, 0.2) is 10.9 Å². The fourth-order valence-electron chi connectivity index (χ4n) is 3.92. The van der Waals surface area contributed by atoms with E-state index < -0.39 is 29.0 Å². The summed E-state index contributed by atoms with van der Waals surface area (Å²) < 4.78 is 12.3. The standard InChI is InChI=1S/C23H30N6O7/c1-13(2)12-28-20-15(6-7-16(30)27-8-10-36-11-9-27)18(25-23(34)35-3)26-29(20)22(33)17(21(28)32)19(31)24-14-4-5-14/h6-7,13-14,33H,4-5,8-12H2,1-3H3,(H,24,31)(H,25,26,34)/b7-6+. The molecule has 4 rings (SSSR count). The third kappa shape index (κ3) is 5.20. The summed E-state index contributed by atoms with van der Waals surface area (Å²) >= 11 is 0. The van der Waals surface area contributed by atoms with Gasteiger partial charge in [-0.25, -0.2) is 4.79 Å². The van der Waals surface area contributed by atoms with Gasteiger partial charge in [-0.1, -0.05) is 13.8 Å². The lowest BCUT2D eigenvalue weighted by atomic mass is 10.2. The van der Waals surface area contributed by atoms with Crippen LogP contribution in [0.1, 0.15) is 42.6 Å². The van der Waals surface area contributed by atoms with Gasteiger partial charge in [-0.2, -0.15) is 4.52 Å². The quantitative estimate of drug-likeness (QED) is 0.470. The van der Waals surface area contributed by atoms with Crippen LogP contribution in [0.25, 0.3) is 11.7 Å². The van der Waals surface area contributed by atoms with Crippen LogP contribution in [0.5, 0.6) is 5.88 Å². The summed E-state index contributed by atoms with van der Waals surface area (Å²) in [7, 11) is 1.18. The van der Waals surface area contributed by atoms with Crippen molar-refractivity contribution in [1.82, 2.24) is 24.4 Å². The van der Waals surface area contributed by atoms with Crippen molar-refractivity contribution in [2.24, 2.45) is 5.92 Å². The Bertz CT molecular complexity index is 1270. The molecule has 3 heterocycles. The molecule has 1 saturated heterocycles. The maximum atomic E-state index is 13.5. The number of carbonyl (C=O) groups is 3. The number of aromatic hydroxyl groups is 1. The number of amides is 3. The first-order valence-corrected chi connectivity index (χ1v) is 11.8. The molecule has 0 spiro atoms. The fraction of sp³-hybridized carbons (Fsp3) is 0.522. The molecule has 0 radical (unpaired) electrons. The largest absolute Gasteiger partial charge is 0.492 e. The van der Waals surface area contributed by atoms with E-state index in [1.807, 2.05) is 13.8 Å². The third-order valence-electron chi connectivity index (χ3n) is 5.84. The zero-order chi connectivity index (χ0) is 26.0. The van der Waals surface area contributed by atoms with Crippen molar-refractivity contribution in [3.8, 4) is 5.88 Å². The van der Waals surface area contributed by atoms with Crippen molar-refractivity contribution < 1.29 is 29.0 Å². The van der Waals surface area contributed by atoms with Gasteiger partial charge in [-0.15, -0.1) is 5.10 Å². The van der Waals surface area contributed by atoms with Crippen LogP contribution in [0, 0.1) is 5.92 Å². The van der Waals surface area contributed by atoms with Gasteiger partial charge in [0.25, 0.3) is 11.5 Å². The van der Waals surface area contributed by atoms with Gasteiger partial charge in [-0.05, 0) is 24.8 Å². The molecule has 13 heteroatoms. The predicted molar refractivity (Wildman–Crippen MR) is 129 cm³/mol. The van der Waals surface area contributed by atoms with E-state index in [0.717, 1.165) is 17.4 Å². The lowest BCUT2D eigenvalue weighted by Gasteiger charge is -2.25. The first-order chi connectivity index (χ1) is 17.2. The Morgan fingerprint density at radius 1 is 1.25 bits per heavy atom. The highest BCUT2D eigenvalue weighted by atomic mass is 16.5. The number of ether oxygens (including phenoxy) is 2. The molecule has 3 amide bonds. The molecule has 36 heavy (non-hydrogen) atoms. The number of hydrogen-bond acceptors (Lipinski definition) is 8. The molecule has 0 unspecified atom stereocenters. The van der Waals surface area contributed by atoms with E-state index in [-0.39, 0.29) is 41.4 Å². The van der Waals surface area contributed by atoms with E-state index in [9.17, 15) is 24.3 Å². The Morgan fingerprint density at radius 3 is 2.56 bits per heavy atom. The second kappa shape index (κ2) is 10.4. The summed E-state index contributed by atoms with van der Waals surface area (Å²) in [6.07, 6.45) is 3.49. The number of nitrogens with zero attached hydrogens (tertiary/aromatic N) is 4. The Balaban J connectivity index is 1.89. The molecule has 0 aromatic carbocycles. The number of fused-ring (bicyclic) bond motifs is 1. The van der Waals surface area contributed by atoms with Gasteiger partial charge in [0.15, 0.2) is 17.0 Å². The van der Waals surface area contributed by atoms with Gasteiger partial charge in [-0.3, -0.25) is 24.3 Å². The maximum absolute atomic E-state index is 13.5. The Morgan fingerprint density at radius 2 is 1.94 bits per heavy atom. The number of nitrogens with one attached hydrogen (secondary N) is 2. The SMILES string of the molecule is COC(=O)Nc1nn2c(O)c(C(=O)NC3CC3)c(=O)n(CC(C)C)c2c1/C=C/C(=O)N1CCOCC1. The second-order valence-corrected chi connectivity index (χ2v) is 9.14. The highest BCUT2D eigenvalue weighted by Crippen LogP contribution is 2.28. The molecule has 194 valence electrons. The van der Waals surface area contributed by atoms with Gasteiger partial charge in [0.05, 0.1) is 25.9 Å². The van der Waals surface area contributed by atoms with E-state index in [0.29, 0.717) is 26.3 Å². The van der Waals surface area contributed by atoms with Gasteiger partial charge in [0.2, 0.25) is 11.8 Å². The zero-order valence-electron chi connectivity index (χ0n) is 20.4. The van der Waals surface area contributed by atoms with E-state index in [2.05, 4.69) is 20.5 Å². The summed E-state index contributed by atoms with van der Waals surface area (Å²) in [4.78, 5) is 52.7. The maximum Gasteiger partial charge on any atom is 0.412 e.